The third-order valence-electron chi connectivity index (χ3n) is 1.72. The Morgan fingerprint density at radius 1 is 1.40 bits per heavy atom. The van der Waals surface area contributed by atoms with Crippen LogP contribution < -0.4 is 5.32 Å². The van der Waals surface area contributed by atoms with E-state index in [1.54, 1.807) is 13.8 Å². The van der Waals surface area contributed by atoms with Crippen molar-refractivity contribution in [3.05, 3.63) is 30.3 Å². The molecule has 0 aliphatic rings. The molecule has 0 fully saturated rings. The molecule has 0 amide bonds. The summed E-state index contributed by atoms with van der Waals surface area (Å²) in [6, 6.07) is 9.55. The van der Waals surface area contributed by atoms with Crippen molar-refractivity contribution < 1.29 is 14.6 Å². The van der Waals surface area contributed by atoms with Gasteiger partial charge in [-0.2, -0.15) is 4.89 Å². The molecular weight excluding hydrogens is 194 g/mol. The third kappa shape index (κ3) is 4.46. The number of carbonyl (C=O) groups excluding carboxylic acids is 1. The lowest BCUT2D eigenvalue weighted by molar-refractivity contribution is -0.289. The van der Waals surface area contributed by atoms with Crippen molar-refractivity contribution >= 4 is 11.7 Å². The highest BCUT2D eigenvalue weighted by atomic mass is 17.2. The minimum atomic E-state index is -0.378. The molecule has 0 saturated carbocycles. The second-order valence-corrected chi connectivity index (χ2v) is 3.06. The van der Waals surface area contributed by atoms with E-state index in [0.29, 0.717) is 6.42 Å². The monoisotopic (exact) mass is 209 g/mol. The molecule has 1 N–H and O–H groups in total. The summed E-state index contributed by atoms with van der Waals surface area (Å²) in [6.45, 7) is 3.47. The van der Waals surface area contributed by atoms with Crippen molar-refractivity contribution in [1.29, 1.82) is 0 Å². The molecule has 1 unspecified atom stereocenters. The van der Waals surface area contributed by atoms with Gasteiger partial charge in [-0.1, -0.05) is 25.1 Å². The standard InChI is InChI=1S/C11H15NO3/c1-3-11(13)15-14-9(2)12-10-7-5-4-6-8-10/h4-9,12H,3H2,1-2H3. The summed E-state index contributed by atoms with van der Waals surface area (Å²) in [5.41, 5.74) is 0.914. The molecule has 0 radical (unpaired) electrons. The van der Waals surface area contributed by atoms with E-state index in [-0.39, 0.29) is 12.2 Å². The van der Waals surface area contributed by atoms with E-state index in [1.165, 1.54) is 0 Å². The summed E-state index contributed by atoms with van der Waals surface area (Å²) < 4.78 is 0. The number of benzene rings is 1. The van der Waals surface area contributed by atoms with Gasteiger partial charge in [0, 0.05) is 12.1 Å². The molecule has 0 aromatic heterocycles. The van der Waals surface area contributed by atoms with E-state index in [1.807, 2.05) is 30.3 Å². The van der Waals surface area contributed by atoms with Gasteiger partial charge >= 0.3 is 5.97 Å². The van der Waals surface area contributed by atoms with Gasteiger partial charge in [0.05, 0.1) is 0 Å². The predicted molar refractivity (Wildman–Crippen MR) is 57.0 cm³/mol. The van der Waals surface area contributed by atoms with Crippen LogP contribution in [0.1, 0.15) is 20.3 Å². The molecular formula is C11H15NO3. The fourth-order valence-corrected chi connectivity index (χ4v) is 0.978. The van der Waals surface area contributed by atoms with Gasteiger partial charge in [-0.3, -0.25) is 4.89 Å². The Labute approximate surface area is 89.1 Å². The lowest BCUT2D eigenvalue weighted by Crippen LogP contribution is -2.21. The molecule has 0 spiro atoms. The van der Waals surface area contributed by atoms with Crippen molar-refractivity contribution in [2.75, 3.05) is 5.32 Å². The highest BCUT2D eigenvalue weighted by Gasteiger charge is 2.05. The maximum Gasteiger partial charge on any atom is 0.342 e. The van der Waals surface area contributed by atoms with Crippen LogP contribution in [0.3, 0.4) is 0 Å². The van der Waals surface area contributed by atoms with Crippen LogP contribution in [-0.4, -0.2) is 12.2 Å². The van der Waals surface area contributed by atoms with Gasteiger partial charge in [-0.15, -0.1) is 0 Å². The normalized spacial score (nSPS) is 11.9. The molecule has 0 heterocycles. The largest absolute Gasteiger partial charge is 0.357 e. The summed E-state index contributed by atoms with van der Waals surface area (Å²) in [5.74, 6) is -0.378. The van der Waals surface area contributed by atoms with E-state index in [4.69, 9.17) is 4.89 Å². The lowest BCUT2D eigenvalue weighted by Gasteiger charge is -2.13. The van der Waals surface area contributed by atoms with Crippen LogP contribution in [0, 0.1) is 0 Å². The molecule has 0 aliphatic heterocycles. The molecule has 1 rings (SSSR count). The number of hydrogen-bond donors (Lipinski definition) is 1. The van der Waals surface area contributed by atoms with Crippen LogP contribution in [0.25, 0.3) is 0 Å². The van der Waals surface area contributed by atoms with Crippen LogP contribution in [0.4, 0.5) is 5.69 Å². The second-order valence-electron chi connectivity index (χ2n) is 3.06. The average molecular weight is 209 g/mol. The molecule has 1 aromatic rings. The molecule has 15 heavy (non-hydrogen) atoms. The molecule has 0 saturated heterocycles. The zero-order valence-electron chi connectivity index (χ0n) is 8.90. The Morgan fingerprint density at radius 2 is 2.07 bits per heavy atom. The van der Waals surface area contributed by atoms with Gasteiger partial charge in [0.25, 0.3) is 0 Å². The maximum atomic E-state index is 10.8. The van der Waals surface area contributed by atoms with Crippen LogP contribution in [0.15, 0.2) is 30.3 Å². The molecule has 82 valence electrons. The SMILES string of the molecule is CCC(=O)OOC(C)Nc1ccccc1. The Bertz CT molecular complexity index is 300. The first-order valence-electron chi connectivity index (χ1n) is 4.90. The number of anilines is 1. The summed E-state index contributed by atoms with van der Waals surface area (Å²) in [6.07, 6.45) is -0.0687. The highest BCUT2D eigenvalue weighted by molar-refractivity contribution is 5.68. The Kier molecular flexibility index (Phi) is 4.63. The quantitative estimate of drug-likeness (QED) is 0.459. The number of hydrogen-bond acceptors (Lipinski definition) is 4. The topological polar surface area (TPSA) is 47.6 Å². The van der Waals surface area contributed by atoms with Crippen molar-refractivity contribution in [2.24, 2.45) is 0 Å². The van der Waals surface area contributed by atoms with Crippen LogP contribution in [0.5, 0.6) is 0 Å². The van der Waals surface area contributed by atoms with Crippen LogP contribution in [0.2, 0.25) is 0 Å². The van der Waals surface area contributed by atoms with Gasteiger partial charge in [0.2, 0.25) is 0 Å². The average Bonchev–Trinajstić information content (AvgIpc) is 2.27. The summed E-state index contributed by atoms with van der Waals surface area (Å²) >= 11 is 0. The first kappa shape index (κ1) is 11.5. The maximum absolute atomic E-state index is 10.8. The first-order chi connectivity index (χ1) is 7.22. The lowest BCUT2D eigenvalue weighted by atomic mass is 10.3. The Morgan fingerprint density at radius 3 is 2.67 bits per heavy atom. The number of rotatable bonds is 5. The first-order valence-corrected chi connectivity index (χ1v) is 4.90. The molecule has 4 heteroatoms. The van der Waals surface area contributed by atoms with Gasteiger partial charge in [0.1, 0.15) is 0 Å². The zero-order chi connectivity index (χ0) is 11.1. The van der Waals surface area contributed by atoms with Crippen molar-refractivity contribution in [3.63, 3.8) is 0 Å². The predicted octanol–water partition coefficient (Wildman–Crippen LogP) is 2.33. The van der Waals surface area contributed by atoms with Gasteiger partial charge < -0.3 is 5.32 Å². The van der Waals surface area contributed by atoms with E-state index in [2.05, 4.69) is 10.2 Å². The molecule has 1 aromatic carbocycles. The fraction of sp³-hybridized carbons (Fsp3) is 0.364. The highest BCUT2D eigenvalue weighted by Crippen LogP contribution is 2.07. The van der Waals surface area contributed by atoms with Crippen molar-refractivity contribution in [3.8, 4) is 0 Å². The minimum absolute atomic E-state index is 0.304. The number of para-hydroxylation sites is 1. The Hall–Kier alpha value is -1.55. The van der Waals surface area contributed by atoms with E-state index in [0.717, 1.165) is 5.69 Å². The molecule has 0 bridgehead atoms. The molecule has 1 atom stereocenters. The fourth-order valence-electron chi connectivity index (χ4n) is 0.978. The summed E-state index contributed by atoms with van der Waals surface area (Å²) in [7, 11) is 0. The van der Waals surface area contributed by atoms with Gasteiger partial charge in [-0.25, -0.2) is 4.79 Å². The smallest absolute Gasteiger partial charge is 0.342 e. The van der Waals surface area contributed by atoms with E-state index < -0.39 is 0 Å². The molecule has 0 aliphatic carbocycles. The van der Waals surface area contributed by atoms with Gasteiger partial charge in [0.15, 0.2) is 6.23 Å². The van der Waals surface area contributed by atoms with E-state index >= 15 is 0 Å². The number of nitrogens with one attached hydrogen (secondary N) is 1. The minimum Gasteiger partial charge on any atom is -0.357 e. The second kappa shape index (κ2) is 6.03. The molecule has 4 nitrogen and oxygen atoms in total. The summed E-state index contributed by atoms with van der Waals surface area (Å²) in [4.78, 5) is 20.2. The third-order valence-corrected chi connectivity index (χ3v) is 1.72. The zero-order valence-corrected chi connectivity index (χ0v) is 8.90. The summed E-state index contributed by atoms with van der Waals surface area (Å²) in [5, 5.41) is 3.02. The van der Waals surface area contributed by atoms with Crippen LogP contribution >= 0.6 is 0 Å². The van der Waals surface area contributed by atoms with Crippen LogP contribution in [-0.2, 0) is 14.6 Å². The van der Waals surface area contributed by atoms with Crippen molar-refractivity contribution in [2.45, 2.75) is 26.5 Å². The van der Waals surface area contributed by atoms with E-state index in [9.17, 15) is 4.79 Å². The van der Waals surface area contributed by atoms with Crippen molar-refractivity contribution in [1.82, 2.24) is 0 Å². The Balaban J connectivity index is 2.30. The van der Waals surface area contributed by atoms with Gasteiger partial charge in [-0.05, 0) is 19.1 Å². The number of carbonyl (C=O) groups is 1.